The molecule has 2 unspecified atom stereocenters. The number of nitrogens with one attached hydrogen (secondary N) is 1. The predicted octanol–water partition coefficient (Wildman–Crippen LogP) is 4.21. The molecule has 2 atom stereocenters. The van der Waals surface area contributed by atoms with Gasteiger partial charge in [0.1, 0.15) is 5.82 Å². The summed E-state index contributed by atoms with van der Waals surface area (Å²) >= 11 is 0. The van der Waals surface area contributed by atoms with Crippen LogP contribution in [0.5, 0.6) is 0 Å². The van der Waals surface area contributed by atoms with Gasteiger partial charge in [-0.3, -0.25) is 0 Å². The van der Waals surface area contributed by atoms with Gasteiger partial charge in [-0.1, -0.05) is 25.8 Å². The topological polar surface area (TPSA) is 15.3 Å². The van der Waals surface area contributed by atoms with Gasteiger partial charge in [0.2, 0.25) is 0 Å². The Balaban J connectivity index is 2.01. The predicted molar refractivity (Wildman–Crippen MR) is 88.3 cm³/mol. The zero-order valence-corrected chi connectivity index (χ0v) is 13.4. The normalized spacial score (nSPS) is 22.2. The zero-order chi connectivity index (χ0) is 15.1. The lowest BCUT2D eigenvalue weighted by Gasteiger charge is -2.36. The van der Waals surface area contributed by atoms with Crippen LogP contribution in [0.4, 0.5) is 10.1 Å². The van der Waals surface area contributed by atoms with E-state index in [1.807, 2.05) is 6.07 Å². The van der Waals surface area contributed by atoms with Gasteiger partial charge in [-0.25, -0.2) is 4.39 Å². The van der Waals surface area contributed by atoms with Crippen molar-refractivity contribution in [1.82, 2.24) is 5.32 Å². The van der Waals surface area contributed by atoms with Gasteiger partial charge in [-0.05, 0) is 56.8 Å². The number of nitrogens with zero attached hydrogens (tertiary/aromatic N) is 1. The molecule has 1 aliphatic rings. The maximum atomic E-state index is 13.4. The van der Waals surface area contributed by atoms with E-state index in [9.17, 15) is 4.39 Å². The third kappa shape index (κ3) is 4.70. The average molecular weight is 292 g/mol. The number of halogens is 1. The molecule has 1 aromatic carbocycles. The van der Waals surface area contributed by atoms with Crippen molar-refractivity contribution in [3.8, 4) is 0 Å². The third-order valence-electron chi connectivity index (χ3n) is 4.58. The second kappa shape index (κ2) is 8.38. The van der Waals surface area contributed by atoms with Crippen LogP contribution in [0.25, 0.3) is 0 Å². The molecule has 3 heteroatoms. The fraction of sp³-hybridized carbons (Fsp3) is 0.667. The largest absolute Gasteiger partial charge is 0.371 e. The molecule has 0 saturated heterocycles. The van der Waals surface area contributed by atoms with Gasteiger partial charge in [0.15, 0.2) is 0 Å². The number of hydrogen-bond acceptors (Lipinski definition) is 2. The first-order valence-electron chi connectivity index (χ1n) is 8.48. The lowest BCUT2D eigenvalue weighted by Crippen LogP contribution is -2.44. The molecular weight excluding hydrogens is 263 g/mol. The van der Waals surface area contributed by atoms with E-state index >= 15 is 0 Å². The van der Waals surface area contributed by atoms with E-state index in [1.165, 1.54) is 38.2 Å². The highest BCUT2D eigenvalue weighted by Crippen LogP contribution is 2.27. The standard InChI is InChI=1S/C18H29FN2/c1-3-12-20-18-11-6-5-8-15(18)14-21(4-2)17-10-7-9-16(19)13-17/h7,9-10,13,15,18,20H,3-6,8,11-12,14H2,1-2H3. The molecule has 2 nitrogen and oxygen atoms in total. The van der Waals surface area contributed by atoms with Gasteiger partial charge >= 0.3 is 0 Å². The molecule has 1 fully saturated rings. The van der Waals surface area contributed by atoms with Gasteiger partial charge in [0.05, 0.1) is 0 Å². The minimum atomic E-state index is -0.143. The van der Waals surface area contributed by atoms with Gasteiger partial charge in [0.25, 0.3) is 0 Å². The Labute approximate surface area is 128 Å². The molecule has 1 aliphatic carbocycles. The Morgan fingerprint density at radius 1 is 1.24 bits per heavy atom. The molecule has 1 saturated carbocycles. The molecule has 2 rings (SSSR count). The van der Waals surface area contributed by atoms with E-state index in [2.05, 4.69) is 24.1 Å². The number of hydrogen-bond donors (Lipinski definition) is 1. The minimum absolute atomic E-state index is 0.143. The van der Waals surface area contributed by atoms with Crippen LogP contribution in [-0.2, 0) is 0 Å². The Hall–Kier alpha value is -1.09. The first-order valence-corrected chi connectivity index (χ1v) is 8.48. The summed E-state index contributed by atoms with van der Waals surface area (Å²) in [5, 5.41) is 3.71. The van der Waals surface area contributed by atoms with Crippen molar-refractivity contribution in [3.63, 3.8) is 0 Å². The number of anilines is 1. The SMILES string of the molecule is CCCNC1CCCCC1CN(CC)c1cccc(F)c1. The molecule has 0 bridgehead atoms. The maximum absolute atomic E-state index is 13.4. The zero-order valence-electron chi connectivity index (χ0n) is 13.4. The van der Waals surface area contributed by atoms with Crippen molar-refractivity contribution < 1.29 is 4.39 Å². The molecule has 1 N–H and O–H groups in total. The lowest BCUT2D eigenvalue weighted by atomic mass is 9.84. The summed E-state index contributed by atoms with van der Waals surface area (Å²) in [6, 6.07) is 7.62. The van der Waals surface area contributed by atoms with E-state index in [0.29, 0.717) is 12.0 Å². The quantitative estimate of drug-likeness (QED) is 0.810. The van der Waals surface area contributed by atoms with Gasteiger partial charge in [-0.2, -0.15) is 0 Å². The molecule has 0 aliphatic heterocycles. The monoisotopic (exact) mass is 292 g/mol. The van der Waals surface area contributed by atoms with E-state index < -0.39 is 0 Å². The van der Waals surface area contributed by atoms with Crippen LogP contribution in [-0.4, -0.2) is 25.7 Å². The second-order valence-electron chi connectivity index (χ2n) is 6.12. The van der Waals surface area contributed by atoms with E-state index in [4.69, 9.17) is 0 Å². The summed E-state index contributed by atoms with van der Waals surface area (Å²) < 4.78 is 13.4. The molecule has 0 heterocycles. The highest BCUT2D eigenvalue weighted by atomic mass is 19.1. The Bertz CT molecular complexity index is 421. The molecule has 0 radical (unpaired) electrons. The molecule has 118 valence electrons. The van der Waals surface area contributed by atoms with Gasteiger partial charge in [0, 0.05) is 24.8 Å². The highest BCUT2D eigenvalue weighted by molar-refractivity contribution is 5.46. The first-order chi connectivity index (χ1) is 10.2. The fourth-order valence-electron chi connectivity index (χ4n) is 3.40. The van der Waals surface area contributed by atoms with Crippen molar-refractivity contribution in [1.29, 1.82) is 0 Å². The molecule has 0 spiro atoms. The molecule has 0 amide bonds. The molecule has 0 aromatic heterocycles. The van der Waals surface area contributed by atoms with Crippen molar-refractivity contribution in [2.45, 2.75) is 52.0 Å². The summed E-state index contributed by atoms with van der Waals surface area (Å²) in [7, 11) is 0. The van der Waals surface area contributed by atoms with E-state index in [-0.39, 0.29) is 5.82 Å². The third-order valence-corrected chi connectivity index (χ3v) is 4.58. The van der Waals surface area contributed by atoms with Crippen LogP contribution in [0, 0.1) is 11.7 Å². The highest BCUT2D eigenvalue weighted by Gasteiger charge is 2.26. The van der Waals surface area contributed by atoms with Gasteiger partial charge < -0.3 is 10.2 Å². The minimum Gasteiger partial charge on any atom is -0.371 e. The van der Waals surface area contributed by atoms with Crippen molar-refractivity contribution in [2.75, 3.05) is 24.5 Å². The van der Waals surface area contributed by atoms with Crippen molar-refractivity contribution >= 4 is 5.69 Å². The lowest BCUT2D eigenvalue weighted by molar-refractivity contribution is 0.265. The van der Waals surface area contributed by atoms with Crippen molar-refractivity contribution in [3.05, 3.63) is 30.1 Å². The molecular formula is C18H29FN2. The smallest absolute Gasteiger partial charge is 0.125 e. The van der Waals surface area contributed by atoms with E-state index in [0.717, 1.165) is 25.3 Å². The van der Waals surface area contributed by atoms with Crippen LogP contribution in [0.2, 0.25) is 0 Å². The van der Waals surface area contributed by atoms with Crippen LogP contribution in [0.15, 0.2) is 24.3 Å². The Morgan fingerprint density at radius 2 is 2.05 bits per heavy atom. The van der Waals surface area contributed by atoms with Gasteiger partial charge in [-0.15, -0.1) is 0 Å². The molecule has 1 aromatic rings. The maximum Gasteiger partial charge on any atom is 0.125 e. The van der Waals surface area contributed by atoms with Crippen molar-refractivity contribution in [2.24, 2.45) is 5.92 Å². The summed E-state index contributed by atoms with van der Waals surface area (Å²) in [5.74, 6) is 0.531. The number of rotatable bonds is 7. The molecule has 21 heavy (non-hydrogen) atoms. The number of benzene rings is 1. The fourth-order valence-corrected chi connectivity index (χ4v) is 3.40. The second-order valence-corrected chi connectivity index (χ2v) is 6.12. The first kappa shape index (κ1) is 16.3. The van der Waals surface area contributed by atoms with E-state index in [1.54, 1.807) is 12.1 Å². The van der Waals surface area contributed by atoms with Crippen LogP contribution >= 0.6 is 0 Å². The summed E-state index contributed by atoms with van der Waals surface area (Å²) in [6.45, 7) is 7.44. The van der Waals surface area contributed by atoms with Crippen LogP contribution in [0.3, 0.4) is 0 Å². The Kier molecular flexibility index (Phi) is 6.50. The Morgan fingerprint density at radius 3 is 2.76 bits per heavy atom. The van der Waals surface area contributed by atoms with Crippen LogP contribution in [0.1, 0.15) is 46.0 Å². The summed E-state index contributed by atoms with van der Waals surface area (Å²) in [6.07, 6.45) is 6.42. The summed E-state index contributed by atoms with van der Waals surface area (Å²) in [4.78, 5) is 2.32. The van der Waals surface area contributed by atoms with Crippen LogP contribution < -0.4 is 10.2 Å². The average Bonchev–Trinajstić information content (AvgIpc) is 2.51. The summed E-state index contributed by atoms with van der Waals surface area (Å²) in [5.41, 5.74) is 1.01.